The predicted molar refractivity (Wildman–Crippen MR) is 118 cm³/mol. The summed E-state index contributed by atoms with van der Waals surface area (Å²) in [4.78, 5) is 16.2. The van der Waals surface area contributed by atoms with Crippen LogP contribution in [0, 0.1) is 13.8 Å². The lowest BCUT2D eigenvalue weighted by molar-refractivity contribution is -0.113. The molecule has 0 aliphatic rings. The van der Waals surface area contributed by atoms with E-state index in [0.29, 0.717) is 16.8 Å². The molecule has 7 nitrogen and oxygen atoms in total. The van der Waals surface area contributed by atoms with E-state index in [1.807, 2.05) is 43.7 Å². The fraction of sp³-hybridized carbons (Fsp3) is 0.263. The Morgan fingerprint density at radius 2 is 2.00 bits per heavy atom. The number of benzene rings is 1. The van der Waals surface area contributed by atoms with Gasteiger partial charge in [-0.05, 0) is 65.2 Å². The number of hydrogen-bond donors (Lipinski definition) is 1. The monoisotopic (exact) mass is 495 g/mol. The van der Waals surface area contributed by atoms with E-state index in [1.165, 1.54) is 11.8 Å². The molecule has 0 aliphatic heterocycles. The average Bonchev–Trinajstić information content (AvgIpc) is 3.04. The van der Waals surface area contributed by atoms with Gasteiger partial charge in [-0.3, -0.25) is 4.79 Å². The number of carbonyl (C=O) groups is 1. The predicted octanol–water partition coefficient (Wildman–Crippen LogP) is 4.55. The van der Waals surface area contributed by atoms with Crippen molar-refractivity contribution in [3.63, 3.8) is 0 Å². The van der Waals surface area contributed by atoms with Gasteiger partial charge in [-0.25, -0.2) is 4.98 Å². The maximum absolute atomic E-state index is 12.1. The zero-order chi connectivity index (χ0) is 21.0. The summed E-state index contributed by atoms with van der Waals surface area (Å²) in [5, 5.41) is 12.4. The standard InChI is InChI=1S/C19H19BrClN5O2S/c1-11-6-14(7-12(2)18(11)21)28-9-16-24-25-19(26(16)3)29-10-17(27)23-15-5-4-13(20)8-22-15/h4-8H,9-10H2,1-3H3,(H,22,23,27). The summed E-state index contributed by atoms with van der Waals surface area (Å²) in [5.74, 6) is 1.91. The Labute approximate surface area is 186 Å². The third-order valence-corrected chi connectivity index (χ3v) is 6.12. The molecule has 0 saturated heterocycles. The molecule has 2 aromatic heterocycles. The lowest BCUT2D eigenvalue weighted by atomic mass is 10.1. The molecule has 0 bridgehead atoms. The van der Waals surface area contributed by atoms with Gasteiger partial charge in [0.1, 0.15) is 18.2 Å². The van der Waals surface area contributed by atoms with E-state index in [2.05, 4.69) is 36.4 Å². The van der Waals surface area contributed by atoms with Crippen LogP contribution in [0.5, 0.6) is 5.75 Å². The average molecular weight is 497 g/mol. The highest BCUT2D eigenvalue weighted by Crippen LogP contribution is 2.26. The lowest BCUT2D eigenvalue weighted by Gasteiger charge is -2.10. The topological polar surface area (TPSA) is 81.9 Å². The quantitative estimate of drug-likeness (QED) is 0.483. The molecule has 1 N–H and O–H groups in total. The largest absolute Gasteiger partial charge is 0.486 e. The number of rotatable bonds is 7. The number of nitrogens with zero attached hydrogens (tertiary/aromatic N) is 4. The van der Waals surface area contributed by atoms with E-state index in [-0.39, 0.29) is 18.3 Å². The summed E-state index contributed by atoms with van der Waals surface area (Å²) >= 11 is 10.8. The van der Waals surface area contributed by atoms with Gasteiger partial charge in [-0.1, -0.05) is 23.4 Å². The molecule has 10 heteroatoms. The summed E-state index contributed by atoms with van der Waals surface area (Å²) in [6.45, 7) is 4.14. The normalized spacial score (nSPS) is 10.8. The maximum atomic E-state index is 12.1. The van der Waals surface area contributed by atoms with E-state index in [4.69, 9.17) is 16.3 Å². The summed E-state index contributed by atoms with van der Waals surface area (Å²) in [6, 6.07) is 7.32. The van der Waals surface area contributed by atoms with Crippen LogP contribution in [0.15, 0.2) is 40.1 Å². The number of anilines is 1. The smallest absolute Gasteiger partial charge is 0.236 e. The van der Waals surface area contributed by atoms with Gasteiger partial charge in [0.2, 0.25) is 5.91 Å². The molecular formula is C19H19BrClN5O2S. The van der Waals surface area contributed by atoms with Gasteiger partial charge in [0.25, 0.3) is 0 Å². The van der Waals surface area contributed by atoms with E-state index in [1.54, 1.807) is 12.3 Å². The Balaban J connectivity index is 1.55. The maximum Gasteiger partial charge on any atom is 0.236 e. The summed E-state index contributed by atoms with van der Waals surface area (Å²) in [5.41, 5.74) is 1.92. The Bertz CT molecular complexity index is 1000. The van der Waals surface area contributed by atoms with Gasteiger partial charge >= 0.3 is 0 Å². The van der Waals surface area contributed by atoms with Crippen LogP contribution in [-0.2, 0) is 18.4 Å². The molecule has 0 unspecified atom stereocenters. The van der Waals surface area contributed by atoms with Crippen LogP contribution >= 0.6 is 39.3 Å². The van der Waals surface area contributed by atoms with Crippen LogP contribution in [0.3, 0.4) is 0 Å². The number of halogens is 2. The molecule has 0 aliphatic carbocycles. The third-order valence-electron chi connectivity index (χ3n) is 4.03. The number of amides is 1. The molecule has 1 aromatic carbocycles. The molecule has 29 heavy (non-hydrogen) atoms. The minimum Gasteiger partial charge on any atom is -0.486 e. The van der Waals surface area contributed by atoms with Crippen molar-refractivity contribution >= 4 is 51.0 Å². The minimum atomic E-state index is -0.169. The highest BCUT2D eigenvalue weighted by molar-refractivity contribution is 9.10. The lowest BCUT2D eigenvalue weighted by Crippen LogP contribution is -2.15. The summed E-state index contributed by atoms with van der Waals surface area (Å²) in [7, 11) is 1.84. The first kappa shape index (κ1) is 21.6. The van der Waals surface area contributed by atoms with E-state index >= 15 is 0 Å². The highest BCUT2D eigenvalue weighted by atomic mass is 79.9. The van der Waals surface area contributed by atoms with Gasteiger partial charge in [-0.15, -0.1) is 10.2 Å². The summed E-state index contributed by atoms with van der Waals surface area (Å²) in [6.07, 6.45) is 1.63. The Kier molecular flexibility index (Phi) is 7.15. The molecule has 0 radical (unpaired) electrons. The molecule has 0 spiro atoms. The number of aryl methyl sites for hydroxylation is 2. The fourth-order valence-corrected chi connectivity index (χ4v) is 3.57. The molecule has 0 saturated carbocycles. The molecule has 2 heterocycles. The Hall–Kier alpha value is -2.10. The second kappa shape index (κ2) is 9.60. The van der Waals surface area contributed by atoms with Gasteiger partial charge < -0.3 is 14.6 Å². The number of nitrogens with one attached hydrogen (secondary N) is 1. The number of ether oxygens (including phenoxy) is 1. The van der Waals surface area contributed by atoms with Gasteiger partial charge in [0.15, 0.2) is 11.0 Å². The molecule has 0 fully saturated rings. The van der Waals surface area contributed by atoms with Crippen molar-refractivity contribution in [2.75, 3.05) is 11.1 Å². The molecule has 3 aromatic rings. The number of thioether (sulfide) groups is 1. The molecule has 152 valence electrons. The van der Waals surface area contributed by atoms with E-state index in [0.717, 1.165) is 26.4 Å². The van der Waals surface area contributed by atoms with E-state index < -0.39 is 0 Å². The Morgan fingerprint density at radius 3 is 2.66 bits per heavy atom. The Morgan fingerprint density at radius 1 is 1.28 bits per heavy atom. The van der Waals surface area contributed by atoms with E-state index in [9.17, 15) is 4.79 Å². The van der Waals surface area contributed by atoms with Crippen LogP contribution in [-0.4, -0.2) is 31.4 Å². The fourth-order valence-electron chi connectivity index (χ4n) is 2.49. The number of aromatic nitrogens is 4. The van der Waals surface area contributed by atoms with Crippen molar-refractivity contribution in [2.24, 2.45) is 7.05 Å². The van der Waals surface area contributed by atoms with Gasteiger partial charge in [0, 0.05) is 22.7 Å². The zero-order valence-electron chi connectivity index (χ0n) is 16.1. The van der Waals surface area contributed by atoms with Crippen molar-refractivity contribution in [1.82, 2.24) is 19.7 Å². The first-order valence-corrected chi connectivity index (χ1v) is 10.8. The van der Waals surface area contributed by atoms with Crippen molar-refractivity contribution in [3.8, 4) is 5.75 Å². The zero-order valence-corrected chi connectivity index (χ0v) is 19.2. The van der Waals surface area contributed by atoms with Crippen molar-refractivity contribution in [3.05, 3.63) is 56.9 Å². The first-order chi connectivity index (χ1) is 13.8. The van der Waals surface area contributed by atoms with Crippen LogP contribution < -0.4 is 10.1 Å². The van der Waals surface area contributed by atoms with Crippen LogP contribution in [0.25, 0.3) is 0 Å². The highest BCUT2D eigenvalue weighted by Gasteiger charge is 2.13. The van der Waals surface area contributed by atoms with Crippen molar-refractivity contribution in [1.29, 1.82) is 0 Å². The minimum absolute atomic E-state index is 0.169. The first-order valence-electron chi connectivity index (χ1n) is 8.65. The summed E-state index contributed by atoms with van der Waals surface area (Å²) < 4.78 is 8.50. The van der Waals surface area contributed by atoms with Gasteiger partial charge in [0.05, 0.1) is 5.75 Å². The third kappa shape index (κ3) is 5.71. The van der Waals surface area contributed by atoms with Crippen molar-refractivity contribution in [2.45, 2.75) is 25.6 Å². The SMILES string of the molecule is Cc1cc(OCc2nnc(SCC(=O)Nc3ccc(Br)cn3)n2C)cc(C)c1Cl. The number of pyridine rings is 1. The second-order valence-corrected chi connectivity index (χ2v) is 8.55. The molecule has 0 atom stereocenters. The molecule has 3 rings (SSSR count). The second-order valence-electron chi connectivity index (χ2n) is 6.32. The van der Waals surface area contributed by atoms with Gasteiger partial charge in [-0.2, -0.15) is 0 Å². The number of hydrogen-bond acceptors (Lipinski definition) is 6. The number of carbonyl (C=O) groups excluding carboxylic acids is 1. The van der Waals surface area contributed by atoms with Crippen LogP contribution in [0.2, 0.25) is 5.02 Å². The van der Waals surface area contributed by atoms with Crippen LogP contribution in [0.4, 0.5) is 5.82 Å². The molecular weight excluding hydrogens is 478 g/mol. The molecule has 1 amide bonds. The van der Waals surface area contributed by atoms with Crippen molar-refractivity contribution < 1.29 is 9.53 Å². The van der Waals surface area contributed by atoms with Crippen LogP contribution in [0.1, 0.15) is 17.0 Å².